The number of carbonyl (C=O) groups is 2. The van der Waals surface area contributed by atoms with Crippen LogP contribution in [0.1, 0.15) is 5.56 Å². The third kappa shape index (κ3) is 4.38. The number of anilines is 1. The molecule has 0 aromatic heterocycles. The van der Waals surface area contributed by atoms with Gasteiger partial charge in [0.25, 0.3) is 5.91 Å². The van der Waals surface area contributed by atoms with Crippen molar-refractivity contribution in [2.45, 2.75) is 0 Å². The van der Waals surface area contributed by atoms with Gasteiger partial charge >= 0.3 is 5.97 Å². The number of ether oxygens (including phenoxy) is 4. The summed E-state index contributed by atoms with van der Waals surface area (Å²) >= 11 is 0. The van der Waals surface area contributed by atoms with Crippen LogP contribution in [-0.2, 0) is 14.3 Å². The lowest BCUT2D eigenvalue weighted by Crippen LogP contribution is -2.24. The van der Waals surface area contributed by atoms with Crippen LogP contribution in [0.2, 0.25) is 0 Å². The van der Waals surface area contributed by atoms with Crippen molar-refractivity contribution in [2.24, 2.45) is 0 Å². The van der Waals surface area contributed by atoms with E-state index in [1.54, 1.807) is 24.3 Å². The Bertz CT molecular complexity index is 890. The van der Waals surface area contributed by atoms with Crippen molar-refractivity contribution in [1.29, 1.82) is 0 Å². The van der Waals surface area contributed by atoms with E-state index in [-0.39, 0.29) is 6.61 Å². The van der Waals surface area contributed by atoms with E-state index in [1.165, 1.54) is 14.2 Å². The second-order valence-electron chi connectivity index (χ2n) is 5.69. The molecular weight excluding hydrogens is 350 g/mol. The molecule has 1 amide bonds. The van der Waals surface area contributed by atoms with E-state index in [4.69, 9.17) is 18.9 Å². The van der Waals surface area contributed by atoms with E-state index in [2.05, 4.69) is 5.32 Å². The lowest BCUT2D eigenvalue weighted by atomic mass is 10.1. The number of amides is 1. The summed E-state index contributed by atoms with van der Waals surface area (Å²) in [5.41, 5.74) is 1.56. The van der Waals surface area contributed by atoms with Gasteiger partial charge in [-0.1, -0.05) is 18.2 Å². The largest absolute Gasteiger partial charge is 0.497 e. The molecule has 0 fully saturated rings. The Labute approximate surface area is 156 Å². The topological polar surface area (TPSA) is 83.1 Å². The fraction of sp³-hybridized carbons (Fsp3) is 0.200. The van der Waals surface area contributed by atoms with E-state index < -0.39 is 18.5 Å². The number of benzene rings is 2. The quantitative estimate of drug-likeness (QED) is 0.789. The van der Waals surface area contributed by atoms with Crippen molar-refractivity contribution < 1.29 is 28.5 Å². The molecule has 0 unspecified atom stereocenters. The van der Waals surface area contributed by atoms with Crippen LogP contribution in [0.3, 0.4) is 0 Å². The predicted octanol–water partition coefficient (Wildman–Crippen LogP) is 2.66. The number of hydrogen-bond donors (Lipinski definition) is 1. The highest BCUT2D eigenvalue weighted by molar-refractivity contribution is 5.98. The first-order valence-corrected chi connectivity index (χ1v) is 8.22. The number of hydrogen-bond acceptors (Lipinski definition) is 6. The Hall–Kier alpha value is -3.48. The molecular formula is C20H19NO6. The van der Waals surface area contributed by atoms with Crippen LogP contribution in [0.5, 0.6) is 17.2 Å². The molecule has 1 aliphatic heterocycles. The van der Waals surface area contributed by atoms with E-state index in [0.717, 1.165) is 5.56 Å². The third-order valence-electron chi connectivity index (χ3n) is 3.91. The molecule has 0 aliphatic carbocycles. The third-order valence-corrected chi connectivity index (χ3v) is 3.91. The van der Waals surface area contributed by atoms with Crippen molar-refractivity contribution in [3.05, 3.63) is 53.6 Å². The van der Waals surface area contributed by atoms with Gasteiger partial charge < -0.3 is 24.3 Å². The van der Waals surface area contributed by atoms with E-state index in [1.807, 2.05) is 24.3 Å². The highest BCUT2D eigenvalue weighted by Gasteiger charge is 2.19. The van der Waals surface area contributed by atoms with Crippen molar-refractivity contribution in [3.8, 4) is 17.2 Å². The summed E-state index contributed by atoms with van der Waals surface area (Å²) in [7, 11) is 3.01. The van der Waals surface area contributed by atoms with E-state index >= 15 is 0 Å². The lowest BCUT2D eigenvalue weighted by Gasteiger charge is -2.17. The maximum Gasteiger partial charge on any atom is 0.338 e. The Balaban J connectivity index is 1.60. The molecule has 0 saturated heterocycles. The number of nitrogens with one attached hydrogen (secondary N) is 1. The number of rotatable bonds is 6. The zero-order valence-electron chi connectivity index (χ0n) is 15.0. The molecule has 0 bridgehead atoms. The first kappa shape index (κ1) is 18.3. The molecule has 2 aromatic rings. The van der Waals surface area contributed by atoms with Gasteiger partial charge in [-0.3, -0.25) is 4.79 Å². The SMILES string of the molecule is COc1ccc(OC)c(NC(=O)COC(=O)C2=Cc3ccccc3OC2)c1. The van der Waals surface area contributed by atoms with Gasteiger partial charge in [0.05, 0.1) is 25.5 Å². The molecule has 27 heavy (non-hydrogen) atoms. The van der Waals surface area contributed by atoms with Crippen LogP contribution in [0.4, 0.5) is 5.69 Å². The minimum Gasteiger partial charge on any atom is -0.497 e. The van der Waals surface area contributed by atoms with Gasteiger partial charge in [-0.15, -0.1) is 0 Å². The fourth-order valence-electron chi connectivity index (χ4n) is 2.56. The van der Waals surface area contributed by atoms with Crippen molar-refractivity contribution >= 4 is 23.6 Å². The number of carbonyl (C=O) groups excluding carboxylic acids is 2. The van der Waals surface area contributed by atoms with E-state index in [0.29, 0.717) is 28.5 Å². The molecule has 0 atom stereocenters. The molecule has 2 aromatic carbocycles. The summed E-state index contributed by atoms with van der Waals surface area (Å²) in [6, 6.07) is 12.4. The average Bonchev–Trinajstić information content (AvgIpc) is 2.71. The highest BCUT2D eigenvalue weighted by atomic mass is 16.5. The fourth-order valence-corrected chi connectivity index (χ4v) is 2.56. The molecule has 7 nitrogen and oxygen atoms in total. The molecule has 1 N–H and O–H groups in total. The Morgan fingerprint density at radius 3 is 2.70 bits per heavy atom. The summed E-state index contributed by atoms with van der Waals surface area (Å²) in [4.78, 5) is 24.3. The zero-order chi connectivity index (χ0) is 19.2. The number of methoxy groups -OCH3 is 2. The first-order chi connectivity index (χ1) is 13.1. The second kappa shape index (κ2) is 8.27. The lowest BCUT2D eigenvalue weighted by molar-refractivity contribution is -0.143. The van der Waals surface area contributed by atoms with Gasteiger partial charge in [0, 0.05) is 11.6 Å². The van der Waals surface area contributed by atoms with Crippen LogP contribution >= 0.6 is 0 Å². The number of fused-ring (bicyclic) bond motifs is 1. The van der Waals surface area contributed by atoms with Crippen molar-refractivity contribution in [3.63, 3.8) is 0 Å². The second-order valence-corrected chi connectivity index (χ2v) is 5.69. The molecule has 3 rings (SSSR count). The van der Waals surface area contributed by atoms with Crippen LogP contribution in [0.25, 0.3) is 6.08 Å². The van der Waals surface area contributed by atoms with Crippen molar-refractivity contribution in [2.75, 3.05) is 32.8 Å². The summed E-state index contributed by atoms with van der Waals surface area (Å²) in [5, 5.41) is 2.64. The minimum atomic E-state index is -0.600. The van der Waals surface area contributed by atoms with Crippen LogP contribution in [0.15, 0.2) is 48.0 Å². The van der Waals surface area contributed by atoms with Gasteiger partial charge in [0.2, 0.25) is 0 Å². The van der Waals surface area contributed by atoms with Crippen LogP contribution in [-0.4, -0.2) is 39.3 Å². The van der Waals surface area contributed by atoms with E-state index in [9.17, 15) is 9.59 Å². The molecule has 1 aliphatic rings. The van der Waals surface area contributed by atoms with Gasteiger partial charge in [0.1, 0.15) is 23.9 Å². The van der Waals surface area contributed by atoms with Crippen molar-refractivity contribution in [1.82, 2.24) is 0 Å². The molecule has 7 heteroatoms. The Kier molecular flexibility index (Phi) is 5.61. The molecule has 140 valence electrons. The predicted molar refractivity (Wildman–Crippen MR) is 99.0 cm³/mol. The minimum absolute atomic E-state index is 0.0984. The van der Waals surface area contributed by atoms with Crippen LogP contribution < -0.4 is 19.5 Å². The van der Waals surface area contributed by atoms with Crippen LogP contribution in [0, 0.1) is 0 Å². The van der Waals surface area contributed by atoms with Gasteiger partial charge in [-0.25, -0.2) is 4.79 Å². The number of para-hydroxylation sites is 1. The summed E-state index contributed by atoms with van der Waals surface area (Å²) in [5.74, 6) is 0.642. The molecule has 0 spiro atoms. The highest BCUT2D eigenvalue weighted by Crippen LogP contribution is 2.29. The Morgan fingerprint density at radius 1 is 1.11 bits per heavy atom. The summed E-state index contributed by atoms with van der Waals surface area (Å²) in [6.45, 7) is -0.334. The molecule has 0 radical (unpaired) electrons. The Morgan fingerprint density at radius 2 is 1.93 bits per heavy atom. The monoisotopic (exact) mass is 369 g/mol. The van der Waals surface area contributed by atoms with Gasteiger partial charge in [0.15, 0.2) is 6.61 Å². The number of esters is 1. The normalized spacial score (nSPS) is 12.1. The smallest absolute Gasteiger partial charge is 0.338 e. The molecule has 1 heterocycles. The first-order valence-electron chi connectivity index (χ1n) is 8.22. The summed E-state index contributed by atoms with van der Waals surface area (Å²) < 4.78 is 20.9. The summed E-state index contributed by atoms with van der Waals surface area (Å²) in [6.07, 6.45) is 1.70. The van der Waals surface area contributed by atoms with Gasteiger partial charge in [-0.05, 0) is 24.3 Å². The van der Waals surface area contributed by atoms with Gasteiger partial charge in [-0.2, -0.15) is 0 Å². The molecule has 0 saturated carbocycles. The zero-order valence-corrected chi connectivity index (χ0v) is 15.0. The maximum absolute atomic E-state index is 12.2. The standard InChI is InChI=1S/C20H19NO6/c1-24-15-7-8-18(25-2)16(10-15)21-19(22)12-27-20(23)14-9-13-5-3-4-6-17(13)26-11-14/h3-10H,11-12H2,1-2H3,(H,21,22). The average molecular weight is 369 g/mol. The maximum atomic E-state index is 12.2.